The van der Waals surface area contributed by atoms with E-state index in [1.807, 2.05) is 6.92 Å². The van der Waals surface area contributed by atoms with Crippen LogP contribution in [0.2, 0.25) is 0 Å². The Morgan fingerprint density at radius 1 is 1.17 bits per heavy atom. The van der Waals surface area contributed by atoms with Gasteiger partial charge in [0.25, 0.3) is 0 Å². The lowest BCUT2D eigenvalue weighted by molar-refractivity contribution is 0.152. The zero-order valence-electron chi connectivity index (χ0n) is 15.4. The Morgan fingerprint density at radius 3 is 2.43 bits per heavy atom. The van der Waals surface area contributed by atoms with Crippen LogP contribution in [0.1, 0.15) is 46.0 Å². The molecule has 2 N–H and O–H groups in total. The number of guanidine groups is 1. The SMILES string of the molecule is CCNC(=NCC(C1CCCCC1)N(C)C)NCCOCC.I. The second-order valence-corrected chi connectivity index (χ2v) is 6.27. The summed E-state index contributed by atoms with van der Waals surface area (Å²) in [5.41, 5.74) is 0. The molecule has 0 aromatic heterocycles. The number of hydrogen-bond acceptors (Lipinski definition) is 3. The highest BCUT2D eigenvalue weighted by atomic mass is 127. The molecule has 23 heavy (non-hydrogen) atoms. The smallest absolute Gasteiger partial charge is 0.191 e. The maximum Gasteiger partial charge on any atom is 0.191 e. The zero-order chi connectivity index (χ0) is 16.2. The van der Waals surface area contributed by atoms with E-state index in [1.54, 1.807) is 0 Å². The Balaban J connectivity index is 0.00000484. The third-order valence-corrected chi connectivity index (χ3v) is 4.38. The topological polar surface area (TPSA) is 48.9 Å². The number of halogens is 1. The van der Waals surface area contributed by atoms with Crippen molar-refractivity contribution in [3.63, 3.8) is 0 Å². The van der Waals surface area contributed by atoms with E-state index in [4.69, 9.17) is 9.73 Å². The molecule has 6 heteroatoms. The van der Waals surface area contributed by atoms with Crippen LogP contribution in [-0.4, -0.2) is 63.8 Å². The van der Waals surface area contributed by atoms with Crippen molar-refractivity contribution in [1.82, 2.24) is 15.5 Å². The maximum absolute atomic E-state index is 5.37. The van der Waals surface area contributed by atoms with Crippen molar-refractivity contribution in [1.29, 1.82) is 0 Å². The first-order chi connectivity index (χ1) is 10.7. The summed E-state index contributed by atoms with van der Waals surface area (Å²) < 4.78 is 5.37. The van der Waals surface area contributed by atoms with Gasteiger partial charge in [-0.15, -0.1) is 24.0 Å². The minimum absolute atomic E-state index is 0. The van der Waals surface area contributed by atoms with Gasteiger partial charge in [-0.2, -0.15) is 0 Å². The molecule has 0 radical (unpaired) electrons. The monoisotopic (exact) mass is 440 g/mol. The summed E-state index contributed by atoms with van der Waals surface area (Å²) in [4.78, 5) is 7.16. The average molecular weight is 440 g/mol. The van der Waals surface area contributed by atoms with Gasteiger partial charge >= 0.3 is 0 Å². The molecule has 0 aliphatic heterocycles. The van der Waals surface area contributed by atoms with Crippen LogP contribution in [0.5, 0.6) is 0 Å². The molecule has 0 saturated heterocycles. The fourth-order valence-electron chi connectivity index (χ4n) is 3.17. The van der Waals surface area contributed by atoms with Gasteiger partial charge in [0.2, 0.25) is 0 Å². The molecule has 0 heterocycles. The highest BCUT2D eigenvalue weighted by Gasteiger charge is 2.25. The van der Waals surface area contributed by atoms with Crippen molar-refractivity contribution in [2.45, 2.75) is 52.0 Å². The van der Waals surface area contributed by atoms with Gasteiger partial charge in [0.1, 0.15) is 0 Å². The van der Waals surface area contributed by atoms with Crippen molar-refractivity contribution in [2.24, 2.45) is 10.9 Å². The number of aliphatic imine (C=N–C) groups is 1. The second kappa shape index (κ2) is 14.3. The third kappa shape index (κ3) is 9.72. The molecule has 1 fully saturated rings. The van der Waals surface area contributed by atoms with Gasteiger partial charge in [-0.25, -0.2) is 0 Å². The van der Waals surface area contributed by atoms with Crippen molar-refractivity contribution in [3.8, 4) is 0 Å². The van der Waals surface area contributed by atoms with Crippen LogP contribution in [-0.2, 0) is 4.74 Å². The van der Waals surface area contributed by atoms with E-state index in [0.717, 1.165) is 44.7 Å². The maximum atomic E-state index is 5.37. The van der Waals surface area contributed by atoms with E-state index in [9.17, 15) is 0 Å². The van der Waals surface area contributed by atoms with Crippen LogP contribution in [0, 0.1) is 5.92 Å². The lowest BCUT2D eigenvalue weighted by Crippen LogP contribution is -2.42. The fourth-order valence-corrected chi connectivity index (χ4v) is 3.17. The van der Waals surface area contributed by atoms with Crippen molar-refractivity contribution in [3.05, 3.63) is 0 Å². The van der Waals surface area contributed by atoms with Crippen LogP contribution in [0.4, 0.5) is 0 Å². The predicted octanol–water partition coefficient (Wildman–Crippen LogP) is 2.71. The number of hydrogen-bond donors (Lipinski definition) is 2. The number of rotatable bonds is 9. The van der Waals surface area contributed by atoms with Crippen LogP contribution >= 0.6 is 24.0 Å². The highest BCUT2D eigenvalue weighted by molar-refractivity contribution is 14.0. The average Bonchev–Trinajstić information content (AvgIpc) is 2.52. The van der Waals surface area contributed by atoms with Gasteiger partial charge in [-0.05, 0) is 46.7 Å². The molecule has 5 nitrogen and oxygen atoms in total. The minimum atomic E-state index is 0. The first-order valence-corrected chi connectivity index (χ1v) is 8.95. The summed E-state index contributed by atoms with van der Waals surface area (Å²) in [6.45, 7) is 8.16. The van der Waals surface area contributed by atoms with E-state index >= 15 is 0 Å². The molecule has 1 aliphatic rings. The van der Waals surface area contributed by atoms with Gasteiger partial charge in [0.05, 0.1) is 13.2 Å². The largest absolute Gasteiger partial charge is 0.380 e. The van der Waals surface area contributed by atoms with E-state index in [0.29, 0.717) is 6.04 Å². The minimum Gasteiger partial charge on any atom is -0.380 e. The van der Waals surface area contributed by atoms with E-state index in [-0.39, 0.29) is 24.0 Å². The summed E-state index contributed by atoms with van der Waals surface area (Å²) >= 11 is 0. The van der Waals surface area contributed by atoms with Gasteiger partial charge in [-0.3, -0.25) is 4.99 Å². The molecule has 1 atom stereocenters. The quantitative estimate of drug-likeness (QED) is 0.251. The molecule has 0 spiro atoms. The summed E-state index contributed by atoms with van der Waals surface area (Å²) in [5, 5.41) is 6.67. The molecular formula is C17H37IN4O. The van der Waals surface area contributed by atoms with Crippen LogP contribution in [0.15, 0.2) is 4.99 Å². The summed E-state index contributed by atoms with van der Waals surface area (Å²) in [5.74, 6) is 1.70. The first kappa shape index (κ1) is 22.9. The molecule has 0 bridgehead atoms. The Kier molecular flexibility index (Phi) is 14.2. The molecule has 138 valence electrons. The highest BCUT2D eigenvalue weighted by Crippen LogP contribution is 2.28. The Labute approximate surface area is 160 Å². The lowest BCUT2D eigenvalue weighted by Gasteiger charge is -2.34. The van der Waals surface area contributed by atoms with E-state index < -0.39 is 0 Å². The molecular weight excluding hydrogens is 403 g/mol. The number of nitrogens with one attached hydrogen (secondary N) is 2. The first-order valence-electron chi connectivity index (χ1n) is 8.95. The van der Waals surface area contributed by atoms with E-state index in [1.165, 1.54) is 32.1 Å². The third-order valence-electron chi connectivity index (χ3n) is 4.38. The Bertz CT molecular complexity index is 307. The molecule has 0 aromatic rings. The van der Waals surface area contributed by atoms with Gasteiger partial charge in [0, 0.05) is 25.7 Å². The van der Waals surface area contributed by atoms with Crippen molar-refractivity contribution in [2.75, 3.05) is 46.9 Å². The molecule has 1 aliphatic carbocycles. The Hall–Kier alpha value is -0.0800. The van der Waals surface area contributed by atoms with Gasteiger partial charge in [0.15, 0.2) is 5.96 Å². The van der Waals surface area contributed by atoms with Crippen LogP contribution < -0.4 is 10.6 Å². The Morgan fingerprint density at radius 2 is 1.87 bits per heavy atom. The number of ether oxygens (including phenoxy) is 1. The summed E-state index contributed by atoms with van der Waals surface area (Å²) in [6, 6.07) is 0.544. The lowest BCUT2D eigenvalue weighted by atomic mass is 9.83. The second-order valence-electron chi connectivity index (χ2n) is 6.27. The summed E-state index contributed by atoms with van der Waals surface area (Å²) in [6.07, 6.45) is 6.87. The number of nitrogens with zero attached hydrogens (tertiary/aromatic N) is 2. The fraction of sp³-hybridized carbons (Fsp3) is 0.941. The van der Waals surface area contributed by atoms with Crippen LogP contribution in [0.25, 0.3) is 0 Å². The van der Waals surface area contributed by atoms with Gasteiger partial charge in [-0.1, -0.05) is 19.3 Å². The molecule has 1 unspecified atom stereocenters. The molecule has 0 aromatic carbocycles. The molecule has 1 rings (SSSR count). The van der Waals surface area contributed by atoms with Crippen molar-refractivity contribution >= 4 is 29.9 Å². The molecule has 0 amide bonds. The van der Waals surface area contributed by atoms with Gasteiger partial charge < -0.3 is 20.3 Å². The van der Waals surface area contributed by atoms with Crippen LogP contribution in [0.3, 0.4) is 0 Å². The zero-order valence-corrected chi connectivity index (χ0v) is 17.8. The number of likely N-dealkylation sites (N-methyl/N-ethyl adjacent to an activating group) is 1. The normalized spacial score (nSPS) is 17.7. The standard InChI is InChI=1S/C17H36N4O.HI/c1-5-18-17(19-12-13-22-6-2)20-14-16(21(3)4)15-10-8-7-9-11-15;/h15-16H,5-14H2,1-4H3,(H2,18,19,20);1H. The molecule has 1 saturated carbocycles. The van der Waals surface area contributed by atoms with E-state index in [2.05, 4.69) is 36.6 Å². The van der Waals surface area contributed by atoms with Crippen molar-refractivity contribution < 1.29 is 4.74 Å². The summed E-state index contributed by atoms with van der Waals surface area (Å²) in [7, 11) is 4.37. The predicted molar refractivity (Wildman–Crippen MR) is 110 cm³/mol.